The van der Waals surface area contributed by atoms with Gasteiger partial charge in [0.1, 0.15) is 11.6 Å². The molecule has 4 rings (SSSR count). The first-order valence-electron chi connectivity index (χ1n) is 9.96. The molecule has 1 amide bonds. The van der Waals surface area contributed by atoms with Gasteiger partial charge in [-0.3, -0.25) is 4.79 Å². The van der Waals surface area contributed by atoms with Gasteiger partial charge in [0.2, 0.25) is 5.91 Å². The maximum Gasteiger partial charge on any atom is 0.228 e. The minimum atomic E-state index is -3.67. The van der Waals surface area contributed by atoms with Gasteiger partial charge in [0, 0.05) is 17.4 Å². The Morgan fingerprint density at radius 1 is 1.03 bits per heavy atom. The summed E-state index contributed by atoms with van der Waals surface area (Å²) >= 11 is 1.40. The number of hydrogen-bond donors (Lipinski definition) is 0. The van der Waals surface area contributed by atoms with Crippen molar-refractivity contribution in [1.82, 2.24) is 0 Å². The Morgan fingerprint density at radius 3 is 2.58 bits per heavy atom. The zero-order valence-electron chi connectivity index (χ0n) is 16.7. The molecule has 1 heterocycles. The van der Waals surface area contributed by atoms with Crippen LogP contribution in [0.1, 0.15) is 28.8 Å². The molecule has 1 aliphatic carbocycles. The van der Waals surface area contributed by atoms with E-state index < -0.39 is 27.4 Å². The van der Waals surface area contributed by atoms with Crippen molar-refractivity contribution >= 4 is 32.8 Å². The van der Waals surface area contributed by atoms with Gasteiger partial charge in [-0.05, 0) is 66.1 Å². The average molecular weight is 462 g/mol. The van der Waals surface area contributed by atoms with Gasteiger partial charge in [0.05, 0.1) is 22.9 Å². The summed E-state index contributed by atoms with van der Waals surface area (Å²) in [6, 6.07) is 11.7. The molecule has 0 saturated heterocycles. The molecule has 8 heteroatoms. The van der Waals surface area contributed by atoms with Gasteiger partial charge >= 0.3 is 0 Å². The largest absolute Gasteiger partial charge is 0.304 e. The molecule has 0 radical (unpaired) electrons. The fraction of sp³-hybridized carbons (Fsp3) is 0.261. The van der Waals surface area contributed by atoms with Crippen LogP contribution in [0.25, 0.3) is 0 Å². The van der Waals surface area contributed by atoms with E-state index in [0.29, 0.717) is 6.07 Å². The minimum absolute atomic E-state index is 0.0743. The van der Waals surface area contributed by atoms with Crippen LogP contribution in [0.3, 0.4) is 0 Å². The normalized spacial score (nSPS) is 13.2. The van der Waals surface area contributed by atoms with Crippen LogP contribution in [0, 0.1) is 11.6 Å². The molecule has 4 nitrogen and oxygen atoms in total. The van der Waals surface area contributed by atoms with Crippen LogP contribution in [0.15, 0.2) is 58.8 Å². The summed E-state index contributed by atoms with van der Waals surface area (Å²) in [5, 5.41) is 1.83. The molecular weight excluding hydrogens is 440 g/mol. The number of rotatable bonds is 7. The van der Waals surface area contributed by atoms with Crippen molar-refractivity contribution in [3.63, 3.8) is 0 Å². The molecule has 2 aromatic carbocycles. The Bertz CT molecular complexity index is 1210. The number of aryl methyl sites for hydroxylation is 2. The van der Waals surface area contributed by atoms with Crippen LogP contribution in [-0.4, -0.2) is 20.1 Å². The standard InChI is InChI=1S/C23H21F2NO3S2/c24-18-7-9-22(21(25)14-18)26(15-19-5-2-11-30-19)23(27)10-12-31(28,29)20-8-6-16-3-1-4-17(16)13-20/h2,5-9,11,13-14H,1,3-4,10,12,15H2. The van der Waals surface area contributed by atoms with Crippen molar-refractivity contribution in [3.05, 3.63) is 81.5 Å². The predicted molar refractivity (Wildman–Crippen MR) is 117 cm³/mol. The third kappa shape index (κ3) is 4.85. The summed E-state index contributed by atoms with van der Waals surface area (Å²) in [5.41, 5.74) is 2.14. The Labute approximate surface area is 184 Å². The van der Waals surface area contributed by atoms with Crippen molar-refractivity contribution in [3.8, 4) is 0 Å². The van der Waals surface area contributed by atoms with Gasteiger partial charge < -0.3 is 4.90 Å². The molecular formula is C23H21F2NO3S2. The highest BCUT2D eigenvalue weighted by atomic mass is 32.2. The van der Waals surface area contributed by atoms with Gasteiger partial charge in [-0.2, -0.15) is 0 Å². The summed E-state index contributed by atoms with van der Waals surface area (Å²) in [6.07, 6.45) is 2.52. The molecule has 0 bridgehead atoms. The maximum absolute atomic E-state index is 14.4. The van der Waals surface area contributed by atoms with Gasteiger partial charge in [-0.25, -0.2) is 17.2 Å². The third-order valence-corrected chi connectivity index (χ3v) is 7.98. The van der Waals surface area contributed by atoms with Crippen LogP contribution in [0.2, 0.25) is 0 Å². The monoisotopic (exact) mass is 461 g/mol. The molecule has 0 atom stereocenters. The molecule has 3 aromatic rings. The summed E-state index contributed by atoms with van der Waals surface area (Å²) in [7, 11) is -3.67. The minimum Gasteiger partial charge on any atom is -0.304 e. The second-order valence-electron chi connectivity index (χ2n) is 7.51. The number of sulfone groups is 1. The topological polar surface area (TPSA) is 54.5 Å². The van der Waals surface area contributed by atoms with Crippen LogP contribution in [0.4, 0.5) is 14.5 Å². The number of halogens is 2. The van der Waals surface area contributed by atoms with Crippen LogP contribution in [-0.2, 0) is 34.0 Å². The summed E-state index contributed by atoms with van der Waals surface area (Å²) in [4.78, 5) is 15.2. The Balaban J connectivity index is 1.54. The molecule has 31 heavy (non-hydrogen) atoms. The first-order valence-corrected chi connectivity index (χ1v) is 12.5. The van der Waals surface area contributed by atoms with Crippen molar-refractivity contribution in [2.24, 2.45) is 0 Å². The molecule has 0 spiro atoms. The lowest BCUT2D eigenvalue weighted by molar-refractivity contribution is -0.118. The number of carbonyl (C=O) groups is 1. The van der Waals surface area contributed by atoms with Crippen molar-refractivity contribution in [1.29, 1.82) is 0 Å². The van der Waals surface area contributed by atoms with Crippen molar-refractivity contribution in [2.45, 2.75) is 37.1 Å². The van der Waals surface area contributed by atoms with E-state index in [2.05, 4.69) is 0 Å². The maximum atomic E-state index is 14.4. The number of benzene rings is 2. The highest BCUT2D eigenvalue weighted by molar-refractivity contribution is 7.91. The first kappa shape index (κ1) is 21.6. The van der Waals surface area contributed by atoms with E-state index in [0.717, 1.165) is 35.8 Å². The first-order chi connectivity index (χ1) is 14.8. The molecule has 0 aliphatic heterocycles. The third-order valence-electron chi connectivity index (χ3n) is 5.41. The number of anilines is 1. The van der Waals surface area contributed by atoms with E-state index in [1.807, 2.05) is 17.5 Å². The number of carbonyl (C=O) groups excluding carboxylic acids is 1. The molecule has 0 unspecified atom stereocenters. The molecule has 0 saturated carbocycles. The van der Waals surface area contributed by atoms with Gasteiger partial charge in [-0.15, -0.1) is 11.3 Å². The van der Waals surface area contributed by atoms with Gasteiger partial charge in [-0.1, -0.05) is 12.1 Å². The second kappa shape index (κ2) is 8.88. The average Bonchev–Trinajstić information content (AvgIpc) is 3.42. The van der Waals surface area contributed by atoms with Crippen LogP contribution in [0.5, 0.6) is 0 Å². The van der Waals surface area contributed by atoms with E-state index >= 15 is 0 Å². The number of fused-ring (bicyclic) bond motifs is 1. The predicted octanol–water partition coefficient (Wildman–Crippen LogP) is 4.91. The zero-order valence-corrected chi connectivity index (χ0v) is 18.3. The Kier molecular flexibility index (Phi) is 6.20. The number of nitrogens with zero attached hydrogens (tertiary/aromatic N) is 1. The highest BCUT2D eigenvalue weighted by Gasteiger charge is 2.24. The van der Waals surface area contributed by atoms with Gasteiger partial charge in [0.15, 0.2) is 9.84 Å². The lowest BCUT2D eigenvalue weighted by Crippen LogP contribution is -2.32. The van der Waals surface area contributed by atoms with Crippen LogP contribution < -0.4 is 4.90 Å². The fourth-order valence-electron chi connectivity index (χ4n) is 3.78. The zero-order chi connectivity index (χ0) is 22.0. The fourth-order valence-corrected chi connectivity index (χ4v) is 5.75. The summed E-state index contributed by atoms with van der Waals surface area (Å²) in [6.45, 7) is 0.0813. The summed E-state index contributed by atoms with van der Waals surface area (Å²) in [5.74, 6) is -2.53. The van der Waals surface area contributed by atoms with E-state index in [-0.39, 0.29) is 29.3 Å². The molecule has 1 aromatic heterocycles. The quantitative estimate of drug-likeness (QED) is 0.502. The number of amides is 1. The number of thiophene rings is 1. The Morgan fingerprint density at radius 2 is 1.84 bits per heavy atom. The van der Waals surface area contributed by atoms with Crippen LogP contribution >= 0.6 is 11.3 Å². The molecule has 162 valence electrons. The SMILES string of the molecule is O=C(CCS(=O)(=O)c1ccc2c(c1)CCC2)N(Cc1cccs1)c1ccc(F)cc1F. The second-order valence-corrected chi connectivity index (χ2v) is 10.6. The van der Waals surface area contributed by atoms with Crippen molar-refractivity contribution < 1.29 is 22.0 Å². The van der Waals surface area contributed by atoms with Crippen molar-refractivity contribution in [2.75, 3.05) is 10.7 Å². The van der Waals surface area contributed by atoms with E-state index in [4.69, 9.17) is 0 Å². The smallest absolute Gasteiger partial charge is 0.228 e. The van der Waals surface area contributed by atoms with E-state index in [9.17, 15) is 22.0 Å². The van der Waals surface area contributed by atoms with E-state index in [1.54, 1.807) is 18.2 Å². The number of hydrogen-bond acceptors (Lipinski definition) is 4. The molecule has 1 aliphatic rings. The van der Waals surface area contributed by atoms with E-state index in [1.165, 1.54) is 27.9 Å². The lowest BCUT2D eigenvalue weighted by atomic mass is 10.1. The van der Waals surface area contributed by atoms with Gasteiger partial charge in [0.25, 0.3) is 0 Å². The highest BCUT2D eigenvalue weighted by Crippen LogP contribution is 2.27. The molecule has 0 N–H and O–H groups in total. The lowest BCUT2D eigenvalue weighted by Gasteiger charge is -2.23. The summed E-state index contributed by atoms with van der Waals surface area (Å²) < 4.78 is 53.4. The molecule has 0 fully saturated rings. The Hall–Kier alpha value is -2.58.